The molecule has 7 heteroatoms. The Morgan fingerprint density at radius 3 is 2.55 bits per heavy atom. The number of likely N-dealkylation sites (N-methyl/N-ethyl adjacent to an activating group) is 1. The van der Waals surface area contributed by atoms with Gasteiger partial charge in [-0.15, -0.1) is 0 Å². The van der Waals surface area contributed by atoms with Crippen molar-refractivity contribution in [2.24, 2.45) is 0 Å². The molecule has 0 aromatic heterocycles. The van der Waals surface area contributed by atoms with Crippen LogP contribution in [0, 0.1) is 0 Å². The third-order valence-corrected chi connectivity index (χ3v) is 4.97. The van der Waals surface area contributed by atoms with Gasteiger partial charge >= 0.3 is 5.97 Å². The first kappa shape index (κ1) is 19.1. The van der Waals surface area contributed by atoms with Gasteiger partial charge in [-0.3, -0.25) is 0 Å². The Morgan fingerprint density at radius 2 is 1.86 bits per heavy atom. The molecule has 152 valence electrons. The number of cyclic esters (lactones) is 1. The molecule has 0 radical (unpaired) electrons. The number of rotatable bonds is 6. The summed E-state index contributed by atoms with van der Waals surface area (Å²) in [6.07, 6.45) is 2.68. The molecule has 4 rings (SSSR count). The van der Waals surface area contributed by atoms with Gasteiger partial charge in [0.1, 0.15) is 11.3 Å². The van der Waals surface area contributed by atoms with E-state index in [1.165, 1.54) is 14.2 Å². The smallest absolute Gasteiger partial charge is 0.348 e. The Balaban J connectivity index is 1.79. The molecule has 7 nitrogen and oxygen atoms in total. The van der Waals surface area contributed by atoms with Gasteiger partial charge in [0.15, 0.2) is 23.0 Å². The summed E-state index contributed by atoms with van der Waals surface area (Å²) >= 11 is 0. The molecule has 0 unspecified atom stereocenters. The van der Waals surface area contributed by atoms with Crippen molar-refractivity contribution in [1.82, 2.24) is 4.90 Å². The van der Waals surface area contributed by atoms with E-state index in [4.69, 9.17) is 23.7 Å². The second-order valence-corrected chi connectivity index (χ2v) is 7.08. The summed E-state index contributed by atoms with van der Waals surface area (Å²) < 4.78 is 27.3. The van der Waals surface area contributed by atoms with E-state index >= 15 is 0 Å². The van der Waals surface area contributed by atoms with E-state index in [9.17, 15) is 4.79 Å². The highest BCUT2D eigenvalue weighted by atomic mass is 16.7. The lowest BCUT2D eigenvalue weighted by Gasteiger charge is -2.13. The van der Waals surface area contributed by atoms with Crippen LogP contribution in [0.1, 0.15) is 27.0 Å². The van der Waals surface area contributed by atoms with Gasteiger partial charge in [-0.1, -0.05) is 0 Å². The molecule has 0 fully saturated rings. The van der Waals surface area contributed by atoms with Gasteiger partial charge in [-0.2, -0.15) is 0 Å². The van der Waals surface area contributed by atoms with Gasteiger partial charge in [0.05, 0.1) is 14.2 Å². The molecule has 0 bridgehead atoms. The molecule has 0 amide bonds. The maximum Gasteiger partial charge on any atom is 0.348 e. The summed E-state index contributed by atoms with van der Waals surface area (Å²) in [6.45, 7) is 1.08. The Hall–Kier alpha value is -3.19. The molecule has 0 aliphatic carbocycles. The van der Waals surface area contributed by atoms with Gasteiger partial charge < -0.3 is 28.6 Å². The number of nitrogens with zero attached hydrogens (tertiary/aromatic N) is 1. The molecule has 0 saturated carbocycles. The molecule has 0 atom stereocenters. The predicted octanol–water partition coefficient (Wildman–Crippen LogP) is 3.21. The predicted molar refractivity (Wildman–Crippen MR) is 108 cm³/mol. The first-order valence-electron chi connectivity index (χ1n) is 9.28. The zero-order valence-electron chi connectivity index (χ0n) is 16.9. The molecular weight excluding hydrogens is 374 g/mol. The second-order valence-electron chi connectivity index (χ2n) is 7.08. The average Bonchev–Trinajstić information content (AvgIpc) is 3.29. The molecule has 2 aromatic carbocycles. The second kappa shape index (κ2) is 7.67. The zero-order valence-corrected chi connectivity index (χ0v) is 16.9. The van der Waals surface area contributed by atoms with Crippen LogP contribution >= 0.6 is 0 Å². The maximum atomic E-state index is 12.6. The van der Waals surface area contributed by atoms with Crippen molar-refractivity contribution < 1.29 is 28.5 Å². The highest BCUT2D eigenvalue weighted by Crippen LogP contribution is 2.43. The highest BCUT2D eigenvalue weighted by Gasteiger charge is 2.32. The molecule has 29 heavy (non-hydrogen) atoms. The molecule has 2 aliphatic rings. The van der Waals surface area contributed by atoms with Crippen molar-refractivity contribution in [1.29, 1.82) is 0 Å². The van der Waals surface area contributed by atoms with Gasteiger partial charge in [-0.05, 0) is 62.0 Å². The standard InChI is InChI=1S/C22H23NO6/c1-23(2)8-7-13-9-18-19(28-12-27-18)11-14(13)10-17-15-5-6-16(25-3)21(26-4)20(15)22(24)29-17/h5-6,9-11H,7-8,12H2,1-4H3/b17-10-. The van der Waals surface area contributed by atoms with E-state index in [0.717, 1.165) is 29.8 Å². The minimum absolute atomic E-state index is 0.206. The van der Waals surface area contributed by atoms with Crippen molar-refractivity contribution >= 4 is 17.8 Å². The number of methoxy groups -OCH3 is 2. The van der Waals surface area contributed by atoms with Gasteiger partial charge in [0.2, 0.25) is 6.79 Å². The van der Waals surface area contributed by atoms with Crippen LogP contribution in [-0.4, -0.2) is 52.5 Å². The topological polar surface area (TPSA) is 66.5 Å². The normalized spacial score (nSPS) is 15.6. The molecule has 0 N–H and O–H groups in total. The average molecular weight is 397 g/mol. The number of fused-ring (bicyclic) bond motifs is 2. The summed E-state index contributed by atoms with van der Waals surface area (Å²) in [5, 5.41) is 0. The fourth-order valence-electron chi connectivity index (χ4n) is 3.48. The Labute approximate surface area is 169 Å². The summed E-state index contributed by atoms with van der Waals surface area (Å²) in [7, 11) is 7.09. The first-order chi connectivity index (χ1) is 14.0. The largest absolute Gasteiger partial charge is 0.493 e. The SMILES string of the molecule is COc1ccc2c(c1OC)C(=O)O/C2=C\c1cc2c(cc1CCN(C)C)OCO2. The third-order valence-electron chi connectivity index (χ3n) is 4.97. The van der Waals surface area contributed by atoms with E-state index in [1.54, 1.807) is 12.1 Å². The summed E-state index contributed by atoms with van der Waals surface area (Å²) in [5.41, 5.74) is 3.04. The van der Waals surface area contributed by atoms with Crippen molar-refractivity contribution in [3.8, 4) is 23.0 Å². The van der Waals surface area contributed by atoms with Crippen LogP contribution in [0.2, 0.25) is 0 Å². The lowest BCUT2D eigenvalue weighted by atomic mass is 10.00. The van der Waals surface area contributed by atoms with Crippen molar-refractivity contribution in [2.75, 3.05) is 41.7 Å². The van der Waals surface area contributed by atoms with Gasteiger partial charge in [0, 0.05) is 12.1 Å². The fraction of sp³-hybridized carbons (Fsp3) is 0.318. The van der Waals surface area contributed by atoms with Gasteiger partial charge in [0.25, 0.3) is 0 Å². The van der Waals surface area contributed by atoms with Crippen LogP contribution in [0.15, 0.2) is 24.3 Å². The van der Waals surface area contributed by atoms with E-state index < -0.39 is 5.97 Å². The molecule has 2 aromatic rings. The van der Waals surface area contributed by atoms with Crippen molar-refractivity contribution in [2.45, 2.75) is 6.42 Å². The Kier molecular flexibility index (Phi) is 5.07. The maximum absolute atomic E-state index is 12.6. The first-order valence-corrected chi connectivity index (χ1v) is 9.28. The highest BCUT2D eigenvalue weighted by molar-refractivity contribution is 6.08. The number of benzene rings is 2. The summed E-state index contributed by atoms with van der Waals surface area (Å²) in [6, 6.07) is 7.48. The van der Waals surface area contributed by atoms with Crippen molar-refractivity contribution in [3.05, 3.63) is 46.5 Å². The van der Waals surface area contributed by atoms with Crippen LogP contribution in [0.25, 0.3) is 11.8 Å². The number of carbonyl (C=O) groups excluding carboxylic acids is 1. The lowest BCUT2D eigenvalue weighted by Crippen LogP contribution is -2.15. The molecule has 2 aliphatic heterocycles. The van der Waals surface area contributed by atoms with Crippen LogP contribution in [0.5, 0.6) is 23.0 Å². The monoisotopic (exact) mass is 397 g/mol. The number of esters is 1. The van der Waals surface area contributed by atoms with E-state index in [0.29, 0.717) is 34.1 Å². The number of hydrogen-bond donors (Lipinski definition) is 0. The molecule has 0 spiro atoms. The number of carbonyl (C=O) groups is 1. The minimum Gasteiger partial charge on any atom is -0.493 e. The number of ether oxygens (including phenoxy) is 5. The minimum atomic E-state index is -0.461. The number of hydrogen-bond acceptors (Lipinski definition) is 7. The Morgan fingerprint density at radius 1 is 1.10 bits per heavy atom. The lowest BCUT2D eigenvalue weighted by molar-refractivity contribution is 0.0713. The van der Waals surface area contributed by atoms with E-state index in [-0.39, 0.29) is 6.79 Å². The van der Waals surface area contributed by atoms with E-state index in [2.05, 4.69) is 4.90 Å². The van der Waals surface area contributed by atoms with E-state index in [1.807, 2.05) is 32.3 Å². The third kappa shape index (κ3) is 3.49. The quantitative estimate of drug-likeness (QED) is 0.694. The summed E-state index contributed by atoms with van der Waals surface area (Å²) in [4.78, 5) is 14.7. The summed E-state index contributed by atoms with van der Waals surface area (Å²) in [5.74, 6) is 2.28. The molecular formula is C22H23NO6. The zero-order chi connectivity index (χ0) is 20.5. The van der Waals surface area contributed by atoms with Crippen LogP contribution < -0.4 is 18.9 Å². The van der Waals surface area contributed by atoms with Crippen molar-refractivity contribution in [3.63, 3.8) is 0 Å². The van der Waals surface area contributed by atoms with Crippen LogP contribution in [0.4, 0.5) is 0 Å². The van der Waals surface area contributed by atoms with Gasteiger partial charge in [-0.25, -0.2) is 4.79 Å². The molecule has 2 heterocycles. The van der Waals surface area contributed by atoms with Crippen LogP contribution in [0.3, 0.4) is 0 Å². The molecule has 0 saturated heterocycles. The Bertz CT molecular complexity index is 995. The van der Waals surface area contributed by atoms with Crippen LogP contribution in [-0.2, 0) is 11.2 Å². The fourth-order valence-corrected chi connectivity index (χ4v) is 3.48.